The van der Waals surface area contributed by atoms with E-state index in [1.165, 1.54) is 31.2 Å². The van der Waals surface area contributed by atoms with Crippen LogP contribution in [0.2, 0.25) is 0 Å². The summed E-state index contributed by atoms with van der Waals surface area (Å²) in [5, 5.41) is 13.3. The number of hydrogen-bond acceptors (Lipinski definition) is 7. The molecule has 10 nitrogen and oxygen atoms in total. The number of carbonyl (C=O) groups is 4. The van der Waals surface area contributed by atoms with E-state index >= 15 is 0 Å². The van der Waals surface area contributed by atoms with Crippen LogP contribution in [0.25, 0.3) is 0 Å². The minimum Gasteiger partial charge on any atom is -0.451 e. The summed E-state index contributed by atoms with van der Waals surface area (Å²) in [7, 11) is 0. The lowest BCUT2D eigenvalue weighted by atomic mass is 9.98. The molecule has 3 rings (SSSR count). The summed E-state index contributed by atoms with van der Waals surface area (Å²) in [5.41, 5.74) is 0.544. The van der Waals surface area contributed by atoms with Gasteiger partial charge in [-0.3, -0.25) is 34.2 Å². The van der Waals surface area contributed by atoms with Crippen molar-refractivity contribution in [3.8, 4) is 0 Å². The van der Waals surface area contributed by atoms with Gasteiger partial charge in [-0.2, -0.15) is 0 Å². The number of nitrogens with one attached hydrogen (secondary N) is 1. The van der Waals surface area contributed by atoms with Crippen LogP contribution in [0.3, 0.4) is 0 Å². The molecule has 10 heteroatoms. The number of rotatable bonds is 6. The first-order valence-corrected chi connectivity index (χ1v) is 8.94. The molecule has 0 aliphatic carbocycles. The van der Waals surface area contributed by atoms with E-state index in [0.717, 1.165) is 4.90 Å². The molecule has 0 saturated heterocycles. The van der Waals surface area contributed by atoms with Crippen LogP contribution in [0.4, 0.5) is 11.4 Å². The van der Waals surface area contributed by atoms with Gasteiger partial charge in [0.15, 0.2) is 6.10 Å². The molecule has 1 aliphatic heterocycles. The lowest BCUT2D eigenvalue weighted by Gasteiger charge is -2.26. The zero-order valence-electron chi connectivity index (χ0n) is 15.9. The van der Waals surface area contributed by atoms with Gasteiger partial charge in [-0.05, 0) is 24.6 Å². The smallest absolute Gasteiger partial charge is 0.326 e. The Kier molecular flexibility index (Phi) is 5.86. The van der Waals surface area contributed by atoms with Gasteiger partial charge in [-0.15, -0.1) is 0 Å². The van der Waals surface area contributed by atoms with Crippen LogP contribution in [-0.4, -0.2) is 46.2 Å². The zero-order valence-corrected chi connectivity index (χ0v) is 15.9. The average Bonchev–Trinajstić information content (AvgIpc) is 2.71. The second-order valence-electron chi connectivity index (χ2n) is 6.51. The minimum atomic E-state index is -1.31. The Bertz CT molecular complexity index is 1050. The van der Waals surface area contributed by atoms with Gasteiger partial charge in [0, 0.05) is 11.6 Å². The van der Waals surface area contributed by atoms with Gasteiger partial charge in [-0.25, -0.2) is 0 Å². The molecule has 0 aromatic heterocycles. The van der Waals surface area contributed by atoms with Gasteiger partial charge in [0.25, 0.3) is 17.5 Å². The third-order valence-electron chi connectivity index (χ3n) is 4.46. The summed E-state index contributed by atoms with van der Waals surface area (Å²) in [6.45, 7) is 0.631. The molecule has 1 N–H and O–H groups in total. The number of fused-ring (bicyclic) bond motifs is 1. The molecule has 0 saturated carbocycles. The second kappa shape index (κ2) is 8.52. The van der Waals surface area contributed by atoms with Gasteiger partial charge in [-0.1, -0.05) is 30.3 Å². The molecule has 2 aromatic rings. The van der Waals surface area contributed by atoms with Crippen molar-refractivity contribution in [1.29, 1.82) is 0 Å². The Morgan fingerprint density at radius 1 is 1.17 bits per heavy atom. The number of amides is 3. The summed E-state index contributed by atoms with van der Waals surface area (Å²) in [6.07, 6.45) is -1.33. The molecule has 0 radical (unpaired) electrons. The van der Waals surface area contributed by atoms with Gasteiger partial charge in [0.05, 0.1) is 11.3 Å². The predicted molar refractivity (Wildman–Crippen MR) is 103 cm³/mol. The zero-order chi connectivity index (χ0) is 21.8. The number of anilines is 1. The summed E-state index contributed by atoms with van der Waals surface area (Å²) >= 11 is 0. The molecule has 0 fully saturated rings. The molecule has 1 heterocycles. The number of carbonyl (C=O) groups excluding carboxylic acids is 4. The molecule has 1 atom stereocenters. The SMILES string of the molecule is C[C@H](OC(=O)CN1C(=O)Cc2ccccc2C1=O)C(=O)Nc1ccccc1[N+](=O)[O-]. The van der Waals surface area contributed by atoms with Gasteiger partial charge in [0.1, 0.15) is 12.2 Å². The van der Waals surface area contributed by atoms with E-state index < -0.39 is 41.3 Å². The van der Waals surface area contributed by atoms with E-state index in [1.807, 2.05) is 0 Å². The van der Waals surface area contributed by atoms with E-state index in [4.69, 9.17) is 4.74 Å². The maximum atomic E-state index is 12.5. The summed E-state index contributed by atoms with van der Waals surface area (Å²) in [6, 6.07) is 12.1. The second-order valence-corrected chi connectivity index (χ2v) is 6.51. The average molecular weight is 411 g/mol. The van der Waals surface area contributed by atoms with Crippen LogP contribution in [0.5, 0.6) is 0 Å². The monoisotopic (exact) mass is 411 g/mol. The maximum absolute atomic E-state index is 12.5. The normalized spacial score (nSPS) is 14.0. The number of nitro benzene ring substituents is 1. The number of imide groups is 1. The third kappa shape index (κ3) is 4.32. The van der Waals surface area contributed by atoms with Crippen LogP contribution in [0, 0.1) is 10.1 Å². The fourth-order valence-electron chi connectivity index (χ4n) is 2.95. The first-order chi connectivity index (χ1) is 14.3. The highest BCUT2D eigenvalue weighted by molar-refractivity contribution is 6.11. The lowest BCUT2D eigenvalue weighted by molar-refractivity contribution is -0.383. The Balaban J connectivity index is 1.62. The molecule has 1 aliphatic rings. The van der Waals surface area contributed by atoms with Crippen LogP contribution < -0.4 is 5.32 Å². The van der Waals surface area contributed by atoms with Crippen molar-refractivity contribution in [3.63, 3.8) is 0 Å². The molecule has 30 heavy (non-hydrogen) atoms. The highest BCUT2D eigenvalue weighted by Gasteiger charge is 2.33. The lowest BCUT2D eigenvalue weighted by Crippen LogP contribution is -2.46. The molecular formula is C20H17N3O7. The van der Waals surface area contributed by atoms with E-state index in [1.54, 1.807) is 24.3 Å². The fraction of sp³-hybridized carbons (Fsp3) is 0.200. The van der Waals surface area contributed by atoms with E-state index in [9.17, 15) is 29.3 Å². The molecule has 0 bridgehead atoms. The van der Waals surface area contributed by atoms with Gasteiger partial charge in [0.2, 0.25) is 5.91 Å². The van der Waals surface area contributed by atoms with Gasteiger partial charge >= 0.3 is 5.97 Å². The van der Waals surface area contributed by atoms with E-state index in [-0.39, 0.29) is 17.8 Å². The maximum Gasteiger partial charge on any atom is 0.326 e. The minimum absolute atomic E-state index is 0.0249. The van der Waals surface area contributed by atoms with Crippen molar-refractivity contribution < 1.29 is 28.8 Å². The number of nitrogens with zero attached hydrogens (tertiary/aromatic N) is 2. The Morgan fingerprint density at radius 2 is 1.83 bits per heavy atom. The first-order valence-electron chi connectivity index (χ1n) is 8.94. The molecule has 0 spiro atoms. The summed E-state index contributed by atoms with van der Waals surface area (Å²) in [4.78, 5) is 60.3. The molecule has 3 amide bonds. The molecule has 154 valence electrons. The van der Waals surface area contributed by atoms with E-state index in [0.29, 0.717) is 11.1 Å². The first kappa shape index (κ1) is 20.6. The number of ether oxygens (including phenoxy) is 1. The highest BCUT2D eigenvalue weighted by Crippen LogP contribution is 2.23. The largest absolute Gasteiger partial charge is 0.451 e. The van der Waals surface area contributed by atoms with Crippen LogP contribution >= 0.6 is 0 Å². The molecule has 2 aromatic carbocycles. The Labute approximate surface area is 170 Å². The third-order valence-corrected chi connectivity index (χ3v) is 4.46. The summed E-state index contributed by atoms with van der Waals surface area (Å²) in [5.74, 6) is -2.91. The van der Waals surface area contributed by atoms with Crippen LogP contribution in [0.15, 0.2) is 48.5 Å². The topological polar surface area (TPSA) is 136 Å². The number of nitro groups is 1. The van der Waals surface area contributed by atoms with Crippen molar-refractivity contribution in [2.24, 2.45) is 0 Å². The van der Waals surface area contributed by atoms with Crippen molar-refractivity contribution in [1.82, 2.24) is 4.90 Å². The Morgan fingerprint density at radius 3 is 2.57 bits per heavy atom. The van der Waals surface area contributed by atoms with Crippen molar-refractivity contribution >= 4 is 35.1 Å². The van der Waals surface area contributed by atoms with Crippen molar-refractivity contribution in [3.05, 3.63) is 69.8 Å². The molecule has 0 unspecified atom stereocenters. The standard InChI is InChI=1S/C20H17N3O7/c1-12(19(26)21-15-8-4-5-9-16(15)23(28)29)30-18(25)11-22-17(24)10-13-6-2-3-7-14(13)20(22)27/h2-9,12H,10-11H2,1H3,(H,21,26)/t12-/m0/s1. The van der Waals surface area contributed by atoms with Crippen LogP contribution in [0.1, 0.15) is 22.8 Å². The Hall–Kier alpha value is -4.08. The van der Waals surface area contributed by atoms with E-state index in [2.05, 4.69) is 5.32 Å². The predicted octanol–water partition coefficient (Wildman–Crippen LogP) is 1.69. The number of para-hydroxylation sites is 2. The molecular weight excluding hydrogens is 394 g/mol. The number of hydrogen-bond donors (Lipinski definition) is 1. The number of benzene rings is 2. The quantitative estimate of drug-likeness (QED) is 0.331. The van der Waals surface area contributed by atoms with Crippen molar-refractivity contribution in [2.75, 3.05) is 11.9 Å². The highest BCUT2D eigenvalue weighted by atomic mass is 16.6. The summed E-state index contributed by atoms with van der Waals surface area (Å²) < 4.78 is 5.01. The van der Waals surface area contributed by atoms with Gasteiger partial charge < -0.3 is 10.1 Å². The van der Waals surface area contributed by atoms with Crippen molar-refractivity contribution in [2.45, 2.75) is 19.4 Å². The van der Waals surface area contributed by atoms with Crippen LogP contribution in [-0.2, 0) is 25.5 Å². The number of esters is 1. The fourth-order valence-corrected chi connectivity index (χ4v) is 2.95.